The number of hydrogen-bond donors (Lipinski definition) is 2. The third-order valence-corrected chi connectivity index (χ3v) is 2.86. The van der Waals surface area contributed by atoms with Crippen molar-refractivity contribution in [3.8, 4) is 0 Å². The van der Waals surface area contributed by atoms with Crippen molar-refractivity contribution in [1.82, 2.24) is 4.90 Å². The first kappa shape index (κ1) is 16.4. The van der Waals surface area contributed by atoms with Gasteiger partial charge in [-0.25, -0.2) is 0 Å². The van der Waals surface area contributed by atoms with Crippen molar-refractivity contribution in [3.63, 3.8) is 0 Å². The van der Waals surface area contributed by atoms with Crippen LogP contribution in [0, 0.1) is 10.1 Å². The Morgan fingerprint density at radius 1 is 1.55 bits per heavy atom. The number of likely N-dealkylation sites (N-methyl/N-ethyl adjacent to an activating group) is 1. The molecule has 0 aromatic heterocycles. The fourth-order valence-electron chi connectivity index (χ4n) is 2.02. The Labute approximate surface area is 118 Å². The second kappa shape index (κ2) is 7.78. The standard InChI is InChI=1S/C13H21N3O4/c1-14-12-6-10(4-5-13(12)16(18)19)7-15(2)8-11(17)9-20-3/h4-6,11,14,17H,7-9H2,1-3H3. The quantitative estimate of drug-likeness (QED) is 0.548. The van der Waals surface area contributed by atoms with Gasteiger partial charge in [0.05, 0.1) is 17.6 Å². The van der Waals surface area contributed by atoms with E-state index in [4.69, 9.17) is 4.74 Å². The average Bonchev–Trinajstić information content (AvgIpc) is 2.38. The van der Waals surface area contributed by atoms with Gasteiger partial charge in [0.1, 0.15) is 5.69 Å². The largest absolute Gasteiger partial charge is 0.389 e. The maximum Gasteiger partial charge on any atom is 0.292 e. The van der Waals surface area contributed by atoms with Crippen LogP contribution in [-0.2, 0) is 11.3 Å². The normalized spacial score (nSPS) is 12.4. The van der Waals surface area contributed by atoms with E-state index in [1.807, 2.05) is 11.9 Å². The lowest BCUT2D eigenvalue weighted by molar-refractivity contribution is -0.384. The number of nitro benzene ring substituents is 1. The summed E-state index contributed by atoms with van der Waals surface area (Å²) in [6.07, 6.45) is -0.549. The van der Waals surface area contributed by atoms with E-state index >= 15 is 0 Å². The topological polar surface area (TPSA) is 87.9 Å². The van der Waals surface area contributed by atoms with Gasteiger partial charge in [0.25, 0.3) is 5.69 Å². The number of methoxy groups -OCH3 is 1. The molecule has 0 saturated carbocycles. The molecule has 0 fully saturated rings. The lowest BCUT2D eigenvalue weighted by atomic mass is 10.1. The van der Waals surface area contributed by atoms with Gasteiger partial charge in [-0.2, -0.15) is 0 Å². The van der Waals surface area contributed by atoms with Gasteiger partial charge in [-0.3, -0.25) is 15.0 Å². The highest BCUT2D eigenvalue weighted by Gasteiger charge is 2.14. The smallest absolute Gasteiger partial charge is 0.292 e. The maximum atomic E-state index is 10.8. The van der Waals surface area contributed by atoms with Crippen LogP contribution in [-0.4, -0.2) is 55.4 Å². The molecule has 1 rings (SSSR count). The third kappa shape index (κ3) is 4.76. The first-order chi connectivity index (χ1) is 9.47. The maximum absolute atomic E-state index is 10.8. The Hall–Kier alpha value is -1.70. The third-order valence-electron chi connectivity index (χ3n) is 2.86. The van der Waals surface area contributed by atoms with Crippen molar-refractivity contribution in [1.29, 1.82) is 0 Å². The van der Waals surface area contributed by atoms with E-state index in [9.17, 15) is 15.2 Å². The van der Waals surface area contributed by atoms with Gasteiger partial charge in [-0.05, 0) is 18.7 Å². The van der Waals surface area contributed by atoms with Crippen LogP contribution in [0.2, 0.25) is 0 Å². The van der Waals surface area contributed by atoms with E-state index < -0.39 is 11.0 Å². The second-order valence-electron chi connectivity index (χ2n) is 4.66. The predicted octanol–water partition coefficient (Wildman–Crippen LogP) is 1.08. The molecular formula is C13H21N3O4. The SMILES string of the molecule is CNc1cc(CN(C)CC(O)COC)ccc1[N+](=O)[O-]. The molecule has 0 bridgehead atoms. The van der Waals surface area contributed by atoms with Crippen molar-refractivity contribution in [2.45, 2.75) is 12.6 Å². The van der Waals surface area contributed by atoms with Crippen LogP contribution < -0.4 is 5.32 Å². The molecule has 0 radical (unpaired) electrons. The van der Waals surface area contributed by atoms with Gasteiger partial charge in [0, 0.05) is 33.3 Å². The molecule has 0 aliphatic heterocycles. The number of ether oxygens (including phenoxy) is 1. The average molecular weight is 283 g/mol. The molecule has 112 valence electrons. The lowest BCUT2D eigenvalue weighted by Gasteiger charge is -2.20. The molecule has 0 amide bonds. The van der Waals surface area contributed by atoms with E-state index in [1.54, 1.807) is 26.3 Å². The van der Waals surface area contributed by atoms with Gasteiger partial charge in [0.2, 0.25) is 0 Å². The van der Waals surface area contributed by atoms with E-state index in [2.05, 4.69) is 5.32 Å². The first-order valence-electron chi connectivity index (χ1n) is 6.28. The number of aliphatic hydroxyl groups is 1. The molecule has 7 heteroatoms. The van der Waals surface area contributed by atoms with Gasteiger partial charge >= 0.3 is 0 Å². The van der Waals surface area contributed by atoms with Crippen molar-refractivity contribution in [3.05, 3.63) is 33.9 Å². The number of aliphatic hydroxyl groups excluding tert-OH is 1. The van der Waals surface area contributed by atoms with Crippen molar-refractivity contribution in [2.75, 3.05) is 39.7 Å². The van der Waals surface area contributed by atoms with Gasteiger partial charge in [0.15, 0.2) is 0 Å². The number of anilines is 1. The number of hydrogen-bond acceptors (Lipinski definition) is 6. The summed E-state index contributed by atoms with van der Waals surface area (Å²) in [5.74, 6) is 0. The summed E-state index contributed by atoms with van der Waals surface area (Å²) in [5, 5.41) is 23.3. The molecule has 1 aromatic carbocycles. The van der Waals surface area contributed by atoms with Crippen LogP contribution in [0.5, 0.6) is 0 Å². The summed E-state index contributed by atoms with van der Waals surface area (Å²) in [7, 11) is 5.07. The van der Waals surface area contributed by atoms with Crippen LogP contribution in [0.1, 0.15) is 5.56 Å². The number of benzene rings is 1. The summed E-state index contributed by atoms with van der Waals surface area (Å²) < 4.78 is 4.87. The second-order valence-corrected chi connectivity index (χ2v) is 4.66. The number of nitrogens with zero attached hydrogens (tertiary/aromatic N) is 2. The van der Waals surface area contributed by atoms with Crippen LogP contribution in [0.25, 0.3) is 0 Å². The van der Waals surface area contributed by atoms with Crippen molar-refractivity contribution >= 4 is 11.4 Å². The van der Waals surface area contributed by atoms with E-state index in [-0.39, 0.29) is 12.3 Å². The summed E-state index contributed by atoms with van der Waals surface area (Å²) in [6.45, 7) is 1.35. The van der Waals surface area contributed by atoms with E-state index in [1.165, 1.54) is 6.07 Å². The first-order valence-corrected chi connectivity index (χ1v) is 6.28. The molecule has 0 heterocycles. The highest BCUT2D eigenvalue weighted by atomic mass is 16.6. The number of nitro groups is 1. The Morgan fingerprint density at radius 2 is 2.25 bits per heavy atom. The van der Waals surface area contributed by atoms with Gasteiger partial charge < -0.3 is 15.2 Å². The van der Waals surface area contributed by atoms with Gasteiger partial charge in [-0.1, -0.05) is 6.07 Å². The molecule has 2 N–H and O–H groups in total. The fraction of sp³-hybridized carbons (Fsp3) is 0.538. The minimum atomic E-state index is -0.549. The molecule has 0 aliphatic rings. The summed E-state index contributed by atoms with van der Waals surface area (Å²) in [4.78, 5) is 12.4. The molecule has 0 aliphatic carbocycles. The van der Waals surface area contributed by atoms with E-state index in [0.29, 0.717) is 18.8 Å². The Kier molecular flexibility index (Phi) is 6.37. The zero-order chi connectivity index (χ0) is 15.1. The van der Waals surface area contributed by atoms with Crippen LogP contribution >= 0.6 is 0 Å². The molecule has 1 aromatic rings. The van der Waals surface area contributed by atoms with Crippen molar-refractivity contribution in [2.24, 2.45) is 0 Å². The molecule has 20 heavy (non-hydrogen) atoms. The van der Waals surface area contributed by atoms with Gasteiger partial charge in [-0.15, -0.1) is 0 Å². The molecular weight excluding hydrogens is 262 g/mol. The fourth-order valence-corrected chi connectivity index (χ4v) is 2.02. The summed E-state index contributed by atoms with van der Waals surface area (Å²) in [5.41, 5.74) is 1.48. The van der Waals surface area contributed by atoms with Crippen LogP contribution in [0.4, 0.5) is 11.4 Å². The van der Waals surface area contributed by atoms with Crippen LogP contribution in [0.15, 0.2) is 18.2 Å². The molecule has 1 atom stereocenters. The molecule has 0 spiro atoms. The number of rotatable bonds is 8. The Morgan fingerprint density at radius 3 is 2.80 bits per heavy atom. The Balaban J connectivity index is 2.70. The monoisotopic (exact) mass is 283 g/mol. The lowest BCUT2D eigenvalue weighted by Crippen LogP contribution is -2.31. The molecule has 1 unspecified atom stereocenters. The highest BCUT2D eigenvalue weighted by Crippen LogP contribution is 2.25. The zero-order valence-electron chi connectivity index (χ0n) is 12.0. The predicted molar refractivity (Wildman–Crippen MR) is 76.9 cm³/mol. The minimum Gasteiger partial charge on any atom is -0.389 e. The molecule has 0 saturated heterocycles. The Bertz CT molecular complexity index is 453. The minimum absolute atomic E-state index is 0.0540. The summed E-state index contributed by atoms with van der Waals surface area (Å²) >= 11 is 0. The highest BCUT2D eigenvalue weighted by molar-refractivity contribution is 5.62. The van der Waals surface area contributed by atoms with E-state index in [0.717, 1.165) is 5.56 Å². The van der Waals surface area contributed by atoms with Crippen LogP contribution in [0.3, 0.4) is 0 Å². The summed E-state index contributed by atoms with van der Waals surface area (Å²) in [6, 6.07) is 4.95. The number of nitrogens with one attached hydrogen (secondary N) is 1. The zero-order valence-corrected chi connectivity index (χ0v) is 12.0. The van der Waals surface area contributed by atoms with Crippen molar-refractivity contribution < 1.29 is 14.8 Å². The molecule has 7 nitrogen and oxygen atoms in total.